The SMILES string of the molecule is Cc1[nH]c(=O)sc1S(=O)(=O)N1CCc2ccccc2CC1. The maximum atomic E-state index is 12.7. The van der Waals surface area contributed by atoms with Crippen LogP contribution < -0.4 is 4.87 Å². The van der Waals surface area contributed by atoms with Crippen LogP contribution in [0.3, 0.4) is 0 Å². The lowest BCUT2D eigenvalue weighted by atomic mass is 10.0. The summed E-state index contributed by atoms with van der Waals surface area (Å²) >= 11 is 0.765. The van der Waals surface area contributed by atoms with Crippen LogP contribution in [-0.4, -0.2) is 30.8 Å². The van der Waals surface area contributed by atoms with Gasteiger partial charge in [-0.05, 0) is 30.9 Å². The summed E-state index contributed by atoms with van der Waals surface area (Å²) in [6, 6.07) is 8.05. The van der Waals surface area contributed by atoms with Crippen molar-refractivity contribution in [1.82, 2.24) is 9.29 Å². The first kappa shape index (κ1) is 14.5. The van der Waals surface area contributed by atoms with Gasteiger partial charge in [-0.2, -0.15) is 4.31 Å². The van der Waals surface area contributed by atoms with Gasteiger partial charge in [-0.15, -0.1) is 0 Å². The zero-order valence-corrected chi connectivity index (χ0v) is 13.3. The highest BCUT2D eigenvalue weighted by atomic mass is 32.2. The zero-order valence-electron chi connectivity index (χ0n) is 11.6. The third kappa shape index (κ3) is 2.68. The van der Waals surface area contributed by atoms with E-state index in [4.69, 9.17) is 0 Å². The highest BCUT2D eigenvalue weighted by Crippen LogP contribution is 2.24. The standard InChI is InChI=1S/C14H16N2O3S2/c1-10-13(20-14(17)15-10)21(18,19)16-8-6-11-4-2-3-5-12(11)7-9-16/h2-5H,6-9H2,1H3,(H,15,17). The van der Waals surface area contributed by atoms with Crippen molar-refractivity contribution in [2.45, 2.75) is 24.0 Å². The predicted molar refractivity (Wildman–Crippen MR) is 82.3 cm³/mol. The van der Waals surface area contributed by atoms with E-state index >= 15 is 0 Å². The lowest BCUT2D eigenvalue weighted by molar-refractivity contribution is 0.427. The predicted octanol–water partition coefficient (Wildman–Crippen LogP) is 1.53. The summed E-state index contributed by atoms with van der Waals surface area (Å²) < 4.78 is 27.0. The Labute approximate surface area is 127 Å². The molecule has 1 aliphatic heterocycles. The van der Waals surface area contributed by atoms with E-state index in [1.807, 2.05) is 24.3 Å². The topological polar surface area (TPSA) is 70.2 Å². The number of nitrogens with one attached hydrogen (secondary N) is 1. The number of H-pyrrole nitrogens is 1. The highest BCUT2D eigenvalue weighted by Gasteiger charge is 2.29. The molecule has 0 bridgehead atoms. The fraction of sp³-hybridized carbons (Fsp3) is 0.357. The van der Waals surface area contributed by atoms with Gasteiger partial charge >= 0.3 is 4.87 Å². The van der Waals surface area contributed by atoms with E-state index in [1.54, 1.807) is 6.92 Å². The minimum atomic E-state index is -3.59. The Morgan fingerprint density at radius 1 is 1.14 bits per heavy atom. The lowest BCUT2D eigenvalue weighted by Crippen LogP contribution is -2.33. The van der Waals surface area contributed by atoms with Crippen LogP contribution in [0, 0.1) is 6.92 Å². The summed E-state index contributed by atoms with van der Waals surface area (Å²) in [5.41, 5.74) is 2.83. The molecule has 0 saturated carbocycles. The van der Waals surface area contributed by atoms with Crippen molar-refractivity contribution in [3.63, 3.8) is 0 Å². The van der Waals surface area contributed by atoms with Crippen molar-refractivity contribution >= 4 is 21.4 Å². The molecule has 1 aliphatic rings. The van der Waals surface area contributed by atoms with Crippen molar-refractivity contribution in [2.75, 3.05) is 13.1 Å². The lowest BCUT2D eigenvalue weighted by Gasteiger charge is -2.19. The molecule has 21 heavy (non-hydrogen) atoms. The Bertz CT molecular complexity index is 794. The minimum absolute atomic E-state index is 0.137. The van der Waals surface area contributed by atoms with E-state index in [-0.39, 0.29) is 9.08 Å². The molecule has 1 aromatic heterocycles. The van der Waals surface area contributed by atoms with Crippen LogP contribution in [0.2, 0.25) is 0 Å². The van der Waals surface area contributed by atoms with Crippen molar-refractivity contribution < 1.29 is 8.42 Å². The van der Waals surface area contributed by atoms with Crippen LogP contribution in [0.5, 0.6) is 0 Å². The van der Waals surface area contributed by atoms with Crippen LogP contribution in [0.1, 0.15) is 16.8 Å². The van der Waals surface area contributed by atoms with Gasteiger partial charge in [0.15, 0.2) is 4.21 Å². The Kier molecular flexibility index (Phi) is 3.73. The second kappa shape index (κ2) is 5.40. The molecule has 2 heterocycles. The molecular weight excluding hydrogens is 308 g/mol. The van der Waals surface area contributed by atoms with Gasteiger partial charge in [-0.3, -0.25) is 4.79 Å². The summed E-state index contributed by atoms with van der Waals surface area (Å²) in [5, 5.41) is 0. The summed E-state index contributed by atoms with van der Waals surface area (Å²) in [7, 11) is -3.59. The fourth-order valence-electron chi connectivity index (χ4n) is 2.64. The van der Waals surface area contributed by atoms with Crippen molar-refractivity contribution in [3.8, 4) is 0 Å². The molecule has 5 nitrogen and oxygen atoms in total. The maximum Gasteiger partial charge on any atom is 0.305 e. The van der Waals surface area contributed by atoms with Gasteiger partial charge in [0.2, 0.25) is 0 Å². The smallest absolute Gasteiger partial charge is 0.305 e. The average molecular weight is 324 g/mol. The molecule has 112 valence electrons. The largest absolute Gasteiger partial charge is 0.315 e. The number of aryl methyl sites for hydroxylation is 1. The summed E-state index contributed by atoms with van der Waals surface area (Å²) in [4.78, 5) is 13.6. The first-order valence-corrected chi connectivity index (χ1v) is 9.01. The molecule has 1 aromatic carbocycles. The molecule has 0 aliphatic carbocycles. The van der Waals surface area contributed by atoms with Crippen molar-refractivity contribution in [1.29, 1.82) is 0 Å². The number of sulfonamides is 1. The van der Waals surface area contributed by atoms with E-state index in [0.717, 1.165) is 11.3 Å². The molecule has 0 atom stereocenters. The highest BCUT2D eigenvalue weighted by molar-refractivity contribution is 7.91. The zero-order chi connectivity index (χ0) is 15.0. The molecule has 3 rings (SSSR count). The van der Waals surface area contributed by atoms with Crippen LogP contribution >= 0.6 is 11.3 Å². The first-order chi connectivity index (χ1) is 9.98. The number of hydrogen-bond acceptors (Lipinski definition) is 4. The fourth-order valence-corrected chi connectivity index (χ4v) is 5.52. The van der Waals surface area contributed by atoms with Gasteiger partial charge < -0.3 is 4.98 Å². The number of fused-ring (bicyclic) bond motifs is 1. The van der Waals surface area contributed by atoms with E-state index in [0.29, 0.717) is 31.6 Å². The number of thiazole rings is 1. The van der Waals surface area contributed by atoms with E-state index in [1.165, 1.54) is 15.4 Å². The first-order valence-electron chi connectivity index (χ1n) is 6.75. The van der Waals surface area contributed by atoms with Crippen LogP contribution in [0.25, 0.3) is 0 Å². The third-order valence-electron chi connectivity index (χ3n) is 3.73. The van der Waals surface area contributed by atoms with E-state index in [9.17, 15) is 13.2 Å². The molecule has 0 amide bonds. The number of nitrogens with zero attached hydrogens (tertiary/aromatic N) is 1. The molecule has 1 N–H and O–H groups in total. The molecule has 0 spiro atoms. The summed E-state index contributed by atoms with van der Waals surface area (Å²) in [5.74, 6) is 0. The van der Waals surface area contributed by atoms with Crippen LogP contribution in [0.15, 0.2) is 33.3 Å². The molecule has 0 saturated heterocycles. The molecular formula is C14H16N2O3S2. The molecule has 0 unspecified atom stereocenters. The van der Waals surface area contributed by atoms with Gasteiger partial charge in [0.25, 0.3) is 10.0 Å². The maximum absolute atomic E-state index is 12.7. The summed E-state index contributed by atoms with van der Waals surface area (Å²) in [6.45, 7) is 2.52. The van der Waals surface area contributed by atoms with E-state index < -0.39 is 10.0 Å². The Morgan fingerprint density at radius 2 is 1.71 bits per heavy atom. The van der Waals surface area contributed by atoms with Gasteiger partial charge in [-0.25, -0.2) is 8.42 Å². The molecule has 2 aromatic rings. The Morgan fingerprint density at radius 3 is 2.19 bits per heavy atom. The van der Waals surface area contributed by atoms with E-state index in [2.05, 4.69) is 4.98 Å². The number of hydrogen-bond donors (Lipinski definition) is 1. The summed E-state index contributed by atoms with van der Waals surface area (Å²) in [6.07, 6.45) is 1.40. The van der Waals surface area contributed by atoms with Crippen molar-refractivity contribution in [3.05, 3.63) is 50.8 Å². The quantitative estimate of drug-likeness (QED) is 0.911. The van der Waals surface area contributed by atoms with Gasteiger partial charge in [0.05, 0.1) is 0 Å². The molecule has 0 radical (unpaired) electrons. The number of aromatic nitrogens is 1. The normalized spacial score (nSPS) is 16.4. The van der Waals surface area contributed by atoms with Gasteiger partial charge in [0, 0.05) is 18.8 Å². The monoisotopic (exact) mass is 324 g/mol. The van der Waals surface area contributed by atoms with Crippen molar-refractivity contribution in [2.24, 2.45) is 0 Å². The van der Waals surface area contributed by atoms with Gasteiger partial charge in [-0.1, -0.05) is 35.6 Å². The Balaban J connectivity index is 1.92. The molecule has 0 fully saturated rings. The molecule has 7 heteroatoms. The third-order valence-corrected chi connectivity index (χ3v) is 7.22. The minimum Gasteiger partial charge on any atom is -0.315 e. The van der Waals surface area contributed by atoms with Crippen LogP contribution in [0.4, 0.5) is 0 Å². The second-order valence-electron chi connectivity index (χ2n) is 5.10. The second-order valence-corrected chi connectivity index (χ2v) is 8.22. The van der Waals surface area contributed by atoms with Crippen LogP contribution in [-0.2, 0) is 22.9 Å². The average Bonchev–Trinajstić information content (AvgIpc) is 2.68. The van der Waals surface area contributed by atoms with Gasteiger partial charge in [0.1, 0.15) is 0 Å². The Hall–Kier alpha value is -1.44. The number of benzene rings is 1. The number of aromatic amines is 1. The number of rotatable bonds is 2.